The van der Waals surface area contributed by atoms with Gasteiger partial charge in [0.05, 0.1) is 5.56 Å². The van der Waals surface area contributed by atoms with E-state index in [1.165, 1.54) is 6.07 Å². The number of benzene rings is 1. The van der Waals surface area contributed by atoms with Crippen LogP contribution in [0.2, 0.25) is 0 Å². The number of Topliss-reactive ketones (excluding diaryl/α,β-unsaturated/α-hetero) is 1. The molecule has 0 aliphatic rings. The Morgan fingerprint density at radius 1 is 0.967 bits per heavy atom. The number of carbonyl (C=O) groups is 2. The molecule has 0 radical (unpaired) electrons. The van der Waals surface area contributed by atoms with Crippen LogP contribution in [0.25, 0.3) is 16.6 Å². The van der Waals surface area contributed by atoms with E-state index in [4.69, 9.17) is 0 Å². The molecule has 4 aromatic rings. The number of nitrogens with one attached hydrogen (secondary N) is 1. The maximum atomic E-state index is 13.0. The zero-order valence-corrected chi connectivity index (χ0v) is 15.4. The number of aromatic nitrogens is 2. The highest BCUT2D eigenvalue weighted by molar-refractivity contribution is 6.47. The van der Waals surface area contributed by atoms with E-state index in [9.17, 15) is 22.8 Å². The number of halogens is 3. The fraction of sp³-hybridized carbons (Fsp3) is 0.0455. The molecule has 0 fully saturated rings. The monoisotopic (exact) mass is 409 g/mol. The van der Waals surface area contributed by atoms with Gasteiger partial charge in [-0.25, -0.2) is 0 Å². The fourth-order valence-corrected chi connectivity index (χ4v) is 3.17. The molecule has 30 heavy (non-hydrogen) atoms. The Bertz CT molecular complexity index is 1250. The van der Waals surface area contributed by atoms with E-state index < -0.39 is 23.4 Å². The van der Waals surface area contributed by atoms with Crippen LogP contribution < -0.4 is 5.32 Å². The lowest BCUT2D eigenvalue weighted by Gasteiger charge is -2.10. The Kier molecular flexibility index (Phi) is 4.83. The second-order valence-electron chi connectivity index (χ2n) is 6.51. The summed E-state index contributed by atoms with van der Waals surface area (Å²) < 4.78 is 40.3. The third-order valence-electron chi connectivity index (χ3n) is 4.52. The number of hydrogen-bond acceptors (Lipinski definition) is 3. The quantitative estimate of drug-likeness (QED) is 0.388. The summed E-state index contributed by atoms with van der Waals surface area (Å²) in [6.45, 7) is 0. The first-order valence-electron chi connectivity index (χ1n) is 8.88. The molecular formula is C22H14F3N3O2. The second-order valence-corrected chi connectivity index (χ2v) is 6.51. The van der Waals surface area contributed by atoms with E-state index in [1.807, 2.05) is 0 Å². The maximum Gasteiger partial charge on any atom is 0.416 e. The molecule has 3 aromatic heterocycles. The summed E-state index contributed by atoms with van der Waals surface area (Å²) in [6.07, 6.45) is 0.230. The first-order chi connectivity index (χ1) is 14.3. The van der Waals surface area contributed by atoms with Gasteiger partial charge >= 0.3 is 6.18 Å². The number of nitrogens with zero attached hydrogens (tertiary/aromatic N) is 2. The number of amides is 1. The zero-order chi connectivity index (χ0) is 21.3. The maximum absolute atomic E-state index is 13.0. The van der Waals surface area contributed by atoms with Crippen molar-refractivity contribution in [3.05, 3.63) is 90.5 Å². The van der Waals surface area contributed by atoms with Crippen molar-refractivity contribution in [2.45, 2.75) is 6.18 Å². The normalized spacial score (nSPS) is 11.4. The first kappa shape index (κ1) is 19.4. The van der Waals surface area contributed by atoms with Gasteiger partial charge < -0.3 is 9.72 Å². The summed E-state index contributed by atoms with van der Waals surface area (Å²) in [7, 11) is 0. The fourth-order valence-electron chi connectivity index (χ4n) is 3.17. The van der Waals surface area contributed by atoms with Crippen LogP contribution in [0.5, 0.6) is 0 Å². The van der Waals surface area contributed by atoms with Gasteiger partial charge in [-0.1, -0.05) is 18.2 Å². The van der Waals surface area contributed by atoms with Gasteiger partial charge in [0.1, 0.15) is 5.69 Å². The van der Waals surface area contributed by atoms with Crippen molar-refractivity contribution in [2.24, 2.45) is 0 Å². The largest absolute Gasteiger partial charge is 0.416 e. The molecule has 0 unspecified atom stereocenters. The van der Waals surface area contributed by atoms with E-state index in [-0.39, 0.29) is 11.4 Å². The number of anilines is 1. The van der Waals surface area contributed by atoms with Crippen LogP contribution in [0.3, 0.4) is 0 Å². The SMILES string of the molecule is O=C(Nc1cccc(C(F)(F)F)c1)C(=O)c1c(-c2cccnc2)cc2ccccn12. The lowest BCUT2D eigenvalue weighted by Crippen LogP contribution is -2.24. The highest BCUT2D eigenvalue weighted by Gasteiger charge is 2.31. The lowest BCUT2D eigenvalue weighted by atomic mass is 10.1. The van der Waals surface area contributed by atoms with Crippen molar-refractivity contribution >= 4 is 22.9 Å². The molecule has 0 aliphatic carbocycles. The smallest absolute Gasteiger partial charge is 0.319 e. The van der Waals surface area contributed by atoms with Gasteiger partial charge in [-0.15, -0.1) is 0 Å². The number of rotatable bonds is 4. The molecule has 0 bridgehead atoms. The predicted octanol–water partition coefficient (Wildman–Crippen LogP) is 4.84. The Morgan fingerprint density at radius 2 is 1.80 bits per heavy atom. The molecule has 1 N–H and O–H groups in total. The lowest BCUT2D eigenvalue weighted by molar-refractivity contribution is -0.137. The molecule has 0 spiro atoms. The standard InChI is InChI=1S/C22H14F3N3O2/c23-22(24,25)15-6-3-7-16(11-15)27-21(30)20(29)19-18(14-5-4-9-26-13-14)12-17-8-1-2-10-28(17)19/h1-13H,(H,27,30). The molecule has 1 aromatic carbocycles. The number of ketones is 1. The average molecular weight is 409 g/mol. The van der Waals surface area contributed by atoms with Crippen LogP contribution in [0.4, 0.5) is 18.9 Å². The molecule has 8 heteroatoms. The molecule has 4 rings (SSSR count). The average Bonchev–Trinajstić information content (AvgIpc) is 3.13. The summed E-state index contributed by atoms with van der Waals surface area (Å²) >= 11 is 0. The second kappa shape index (κ2) is 7.47. The van der Waals surface area contributed by atoms with E-state index in [1.54, 1.807) is 59.4 Å². The molecule has 5 nitrogen and oxygen atoms in total. The number of carbonyl (C=O) groups excluding carboxylic acids is 2. The molecule has 3 heterocycles. The number of hydrogen-bond donors (Lipinski definition) is 1. The third kappa shape index (κ3) is 3.67. The molecule has 0 atom stereocenters. The molecular weight excluding hydrogens is 395 g/mol. The van der Waals surface area contributed by atoms with E-state index >= 15 is 0 Å². The Morgan fingerprint density at radius 3 is 2.53 bits per heavy atom. The van der Waals surface area contributed by atoms with Crippen molar-refractivity contribution in [3.63, 3.8) is 0 Å². The Balaban J connectivity index is 1.72. The van der Waals surface area contributed by atoms with Gasteiger partial charge in [0.25, 0.3) is 11.7 Å². The van der Waals surface area contributed by atoms with Gasteiger partial charge in [-0.3, -0.25) is 14.6 Å². The number of pyridine rings is 2. The van der Waals surface area contributed by atoms with Crippen molar-refractivity contribution in [3.8, 4) is 11.1 Å². The summed E-state index contributed by atoms with van der Waals surface area (Å²) in [5.74, 6) is -1.92. The van der Waals surface area contributed by atoms with Gasteiger partial charge in [-0.05, 0) is 42.5 Å². The van der Waals surface area contributed by atoms with Crippen molar-refractivity contribution in [2.75, 3.05) is 5.32 Å². The van der Waals surface area contributed by atoms with Crippen molar-refractivity contribution in [1.29, 1.82) is 0 Å². The Labute approximate surface area is 168 Å². The summed E-state index contributed by atoms with van der Waals surface area (Å²) in [4.78, 5) is 29.7. The van der Waals surface area contributed by atoms with Crippen LogP contribution in [-0.4, -0.2) is 21.1 Å². The minimum atomic E-state index is -4.56. The predicted molar refractivity (Wildman–Crippen MR) is 105 cm³/mol. The minimum absolute atomic E-state index is 0.100. The minimum Gasteiger partial charge on any atom is -0.319 e. The molecule has 0 saturated heterocycles. The van der Waals surface area contributed by atoms with Gasteiger partial charge in [0.15, 0.2) is 0 Å². The van der Waals surface area contributed by atoms with Crippen LogP contribution in [-0.2, 0) is 11.0 Å². The van der Waals surface area contributed by atoms with Crippen LogP contribution in [0, 0.1) is 0 Å². The van der Waals surface area contributed by atoms with E-state index in [0.29, 0.717) is 16.6 Å². The first-order valence-corrected chi connectivity index (χ1v) is 8.88. The van der Waals surface area contributed by atoms with Crippen LogP contribution >= 0.6 is 0 Å². The highest BCUT2D eigenvalue weighted by Crippen LogP contribution is 2.31. The molecule has 0 saturated carbocycles. The molecule has 0 aliphatic heterocycles. The van der Waals surface area contributed by atoms with Crippen LogP contribution in [0.1, 0.15) is 16.1 Å². The highest BCUT2D eigenvalue weighted by atomic mass is 19.4. The Hall–Kier alpha value is -3.94. The molecule has 150 valence electrons. The van der Waals surface area contributed by atoms with E-state index in [2.05, 4.69) is 10.3 Å². The number of alkyl halides is 3. The topological polar surface area (TPSA) is 63.5 Å². The zero-order valence-electron chi connectivity index (χ0n) is 15.4. The van der Waals surface area contributed by atoms with Gasteiger partial charge in [0.2, 0.25) is 0 Å². The molecule has 1 amide bonds. The summed E-state index contributed by atoms with van der Waals surface area (Å²) in [5.41, 5.74) is 0.883. The summed E-state index contributed by atoms with van der Waals surface area (Å²) in [6, 6.07) is 14.6. The van der Waals surface area contributed by atoms with Gasteiger partial charge in [0, 0.05) is 40.9 Å². The van der Waals surface area contributed by atoms with Crippen molar-refractivity contribution < 1.29 is 22.8 Å². The van der Waals surface area contributed by atoms with Crippen molar-refractivity contribution in [1.82, 2.24) is 9.38 Å². The number of fused-ring (bicyclic) bond motifs is 1. The van der Waals surface area contributed by atoms with Crippen LogP contribution in [0.15, 0.2) is 79.3 Å². The van der Waals surface area contributed by atoms with Gasteiger partial charge in [-0.2, -0.15) is 13.2 Å². The third-order valence-corrected chi connectivity index (χ3v) is 4.52. The van der Waals surface area contributed by atoms with E-state index in [0.717, 1.165) is 18.2 Å². The summed E-state index contributed by atoms with van der Waals surface area (Å²) in [5, 5.41) is 2.27.